The summed E-state index contributed by atoms with van der Waals surface area (Å²) in [5.74, 6) is 2.37. The van der Waals surface area contributed by atoms with Crippen LogP contribution in [0.2, 0.25) is 0 Å². The van der Waals surface area contributed by atoms with Gasteiger partial charge in [-0.3, -0.25) is 4.79 Å². The molecular weight excluding hydrogens is 314 g/mol. The molecule has 0 saturated carbocycles. The fourth-order valence-electron chi connectivity index (χ4n) is 2.37. The second-order valence-corrected chi connectivity index (χ2v) is 6.52. The lowest BCUT2D eigenvalue weighted by Crippen LogP contribution is -2.16. The zero-order valence-corrected chi connectivity index (χ0v) is 15.0. The third kappa shape index (κ3) is 4.53. The zero-order valence-electron chi connectivity index (χ0n) is 14.2. The van der Waals surface area contributed by atoms with E-state index in [4.69, 9.17) is 6.42 Å². The molecule has 0 bridgehead atoms. The van der Waals surface area contributed by atoms with E-state index in [-0.39, 0.29) is 12.2 Å². The van der Waals surface area contributed by atoms with Crippen molar-refractivity contribution in [2.24, 2.45) is 0 Å². The van der Waals surface area contributed by atoms with Gasteiger partial charge in [-0.2, -0.15) is 0 Å². The number of carbonyl (C=O) groups is 1. The number of nitrogens with one attached hydrogen (secondary N) is 1. The van der Waals surface area contributed by atoms with Crippen molar-refractivity contribution in [1.82, 2.24) is 4.72 Å². The van der Waals surface area contributed by atoms with Crippen LogP contribution in [0.3, 0.4) is 0 Å². The van der Waals surface area contributed by atoms with Gasteiger partial charge in [0.1, 0.15) is 0 Å². The quantitative estimate of drug-likeness (QED) is 0.461. The Morgan fingerprint density at radius 3 is 2.42 bits per heavy atom. The second-order valence-electron chi connectivity index (χ2n) is 5.64. The average Bonchev–Trinajstić information content (AvgIpc) is 2.57. The van der Waals surface area contributed by atoms with E-state index in [2.05, 4.69) is 10.6 Å². The van der Waals surface area contributed by atoms with Gasteiger partial charge in [-0.15, -0.1) is 6.42 Å². The van der Waals surface area contributed by atoms with Crippen molar-refractivity contribution in [3.8, 4) is 12.3 Å². The van der Waals surface area contributed by atoms with Gasteiger partial charge in [0.05, 0.1) is 12.1 Å². The highest BCUT2D eigenvalue weighted by atomic mass is 32.2. The first-order valence-electron chi connectivity index (χ1n) is 7.76. The summed E-state index contributed by atoms with van der Waals surface area (Å²) < 4.78 is 3.22. The lowest BCUT2D eigenvalue weighted by molar-refractivity contribution is -0.114. The largest absolute Gasteiger partial charge is 0.322 e. The van der Waals surface area contributed by atoms with Crippen molar-refractivity contribution in [2.45, 2.75) is 32.1 Å². The lowest BCUT2D eigenvalue weighted by Gasteiger charge is -2.14. The van der Waals surface area contributed by atoms with Gasteiger partial charge in [0, 0.05) is 4.90 Å². The first-order valence-corrected chi connectivity index (χ1v) is 8.57. The minimum atomic E-state index is -0.0714. The van der Waals surface area contributed by atoms with Crippen LogP contribution in [0.4, 0.5) is 0 Å². The highest BCUT2D eigenvalue weighted by Crippen LogP contribution is 2.25. The maximum Gasteiger partial charge on any atom is 0.191 e. The summed E-state index contributed by atoms with van der Waals surface area (Å²) in [7, 11) is 0. The molecule has 0 amide bonds. The minimum Gasteiger partial charge on any atom is -0.322 e. The van der Waals surface area contributed by atoms with Gasteiger partial charge in [0.25, 0.3) is 0 Å². The molecule has 0 heterocycles. The van der Waals surface area contributed by atoms with Gasteiger partial charge in [0.2, 0.25) is 0 Å². The lowest BCUT2D eigenvalue weighted by atomic mass is 9.98. The number of allylic oxidation sites excluding steroid dienone is 2. The summed E-state index contributed by atoms with van der Waals surface area (Å²) in [5, 5.41) is 0. The topological polar surface area (TPSA) is 29.1 Å². The van der Waals surface area contributed by atoms with E-state index in [9.17, 15) is 4.79 Å². The van der Waals surface area contributed by atoms with Crippen LogP contribution in [0.5, 0.6) is 0 Å². The van der Waals surface area contributed by atoms with Crippen LogP contribution in [-0.4, -0.2) is 5.78 Å². The summed E-state index contributed by atoms with van der Waals surface area (Å²) in [6.07, 6.45) is 5.42. The van der Waals surface area contributed by atoms with Crippen LogP contribution in [0.1, 0.15) is 30.0 Å². The van der Waals surface area contributed by atoms with Crippen LogP contribution >= 0.6 is 11.9 Å². The van der Waals surface area contributed by atoms with E-state index in [1.165, 1.54) is 17.5 Å². The van der Waals surface area contributed by atoms with Crippen LogP contribution in [0.15, 0.2) is 59.1 Å². The molecule has 24 heavy (non-hydrogen) atoms. The maximum absolute atomic E-state index is 12.5. The number of terminal acetylenes is 1. The smallest absolute Gasteiger partial charge is 0.191 e. The number of hydrogen-bond donors (Lipinski definition) is 1. The number of Topliss-reactive ketones (excluding diaryl/α,β-unsaturated/α-hetero) is 1. The molecule has 122 valence electrons. The molecule has 1 N–H and O–H groups in total. The Kier molecular flexibility index (Phi) is 6.28. The van der Waals surface area contributed by atoms with Gasteiger partial charge in [0.15, 0.2) is 5.78 Å². The summed E-state index contributed by atoms with van der Waals surface area (Å²) in [5.41, 5.74) is 4.86. The number of ketones is 1. The Balaban J connectivity index is 2.32. The molecule has 0 spiro atoms. The molecule has 0 atom stereocenters. The Hall–Kier alpha value is -2.44. The van der Waals surface area contributed by atoms with Gasteiger partial charge in [-0.1, -0.05) is 47.9 Å². The standard InChI is InChI=1S/C21H21NOS/c1-5-8-20(23)21(17(4)19-10-7-6-9-16(19)3)22-24-18-13-11-15(2)12-14-18/h1,6-7,9-14,22H,8H2,2-4H3/b21-17-. The van der Waals surface area contributed by atoms with Crippen LogP contribution in [0.25, 0.3) is 5.57 Å². The monoisotopic (exact) mass is 335 g/mol. The molecule has 2 aromatic rings. The highest BCUT2D eigenvalue weighted by Gasteiger charge is 2.14. The van der Waals surface area contributed by atoms with Crippen molar-refractivity contribution >= 4 is 23.3 Å². The van der Waals surface area contributed by atoms with Crippen molar-refractivity contribution < 1.29 is 4.79 Å². The first kappa shape index (κ1) is 17.9. The first-order chi connectivity index (χ1) is 11.5. The molecule has 0 aliphatic rings. The summed E-state index contributed by atoms with van der Waals surface area (Å²) >= 11 is 1.42. The fraction of sp³-hybridized carbons (Fsp3) is 0.190. The van der Waals surface area contributed by atoms with Crippen LogP contribution in [0, 0.1) is 26.2 Å². The molecule has 2 rings (SSSR count). The summed E-state index contributed by atoms with van der Waals surface area (Å²) in [4.78, 5) is 13.5. The van der Waals surface area contributed by atoms with Gasteiger partial charge >= 0.3 is 0 Å². The molecule has 2 aromatic carbocycles. The molecule has 0 aliphatic carbocycles. The molecule has 0 aromatic heterocycles. The van der Waals surface area contributed by atoms with Crippen molar-refractivity contribution in [3.63, 3.8) is 0 Å². The Morgan fingerprint density at radius 2 is 1.79 bits per heavy atom. The summed E-state index contributed by atoms with van der Waals surface area (Å²) in [6.45, 7) is 6.04. The average molecular weight is 335 g/mol. The normalized spacial score (nSPS) is 11.4. The molecular formula is C21H21NOS. The molecule has 3 heteroatoms. The zero-order chi connectivity index (χ0) is 17.5. The molecule has 0 unspecified atom stereocenters. The third-order valence-electron chi connectivity index (χ3n) is 3.76. The van der Waals surface area contributed by atoms with E-state index in [1.807, 2.05) is 69.3 Å². The fourth-order valence-corrected chi connectivity index (χ4v) is 3.13. The Bertz CT molecular complexity index is 797. The molecule has 2 nitrogen and oxygen atoms in total. The Morgan fingerprint density at radius 1 is 1.12 bits per heavy atom. The van der Waals surface area contributed by atoms with Gasteiger partial charge in [-0.05, 0) is 61.6 Å². The third-order valence-corrected chi connectivity index (χ3v) is 4.57. The minimum absolute atomic E-state index is 0.0714. The predicted octanol–water partition coefficient (Wildman–Crippen LogP) is 4.92. The van der Waals surface area contributed by atoms with Gasteiger partial charge < -0.3 is 4.72 Å². The van der Waals surface area contributed by atoms with E-state index in [1.54, 1.807) is 0 Å². The van der Waals surface area contributed by atoms with Crippen molar-refractivity contribution in [2.75, 3.05) is 0 Å². The number of rotatable bonds is 6. The molecule has 0 saturated heterocycles. The number of aryl methyl sites for hydroxylation is 2. The van der Waals surface area contributed by atoms with E-state index >= 15 is 0 Å². The predicted molar refractivity (Wildman–Crippen MR) is 102 cm³/mol. The second kappa shape index (κ2) is 8.42. The highest BCUT2D eigenvalue weighted by molar-refractivity contribution is 7.97. The SMILES string of the molecule is C#CCC(=O)/C(NSc1ccc(C)cc1)=C(\C)c1ccccc1C. The maximum atomic E-state index is 12.5. The van der Waals surface area contributed by atoms with Crippen molar-refractivity contribution in [1.29, 1.82) is 0 Å². The number of benzene rings is 2. The number of carbonyl (C=O) groups excluding carboxylic acids is 1. The van der Waals surface area contributed by atoms with E-state index in [0.717, 1.165) is 21.6 Å². The van der Waals surface area contributed by atoms with Crippen LogP contribution in [-0.2, 0) is 4.79 Å². The summed E-state index contributed by atoms with van der Waals surface area (Å²) in [6, 6.07) is 16.2. The molecule has 0 fully saturated rings. The van der Waals surface area contributed by atoms with E-state index in [0.29, 0.717) is 5.70 Å². The van der Waals surface area contributed by atoms with Crippen molar-refractivity contribution in [3.05, 3.63) is 70.9 Å². The molecule has 0 radical (unpaired) electrons. The Labute approximate surface area is 148 Å². The van der Waals surface area contributed by atoms with Gasteiger partial charge in [-0.25, -0.2) is 0 Å². The number of hydrogen-bond acceptors (Lipinski definition) is 3. The molecule has 0 aliphatic heterocycles. The van der Waals surface area contributed by atoms with E-state index < -0.39 is 0 Å². The van der Waals surface area contributed by atoms with Crippen LogP contribution < -0.4 is 4.72 Å².